The summed E-state index contributed by atoms with van der Waals surface area (Å²) in [4.78, 5) is 20.5. The molecule has 2 aromatic heterocycles. The second-order valence-electron chi connectivity index (χ2n) is 6.08. The van der Waals surface area contributed by atoms with E-state index in [0.717, 1.165) is 31.7 Å². The molecule has 1 saturated heterocycles. The molecule has 0 radical (unpaired) electrons. The molecule has 130 valence electrons. The molecule has 8 heteroatoms. The van der Waals surface area contributed by atoms with E-state index in [1.165, 1.54) is 0 Å². The lowest BCUT2D eigenvalue weighted by Gasteiger charge is -2.36. The van der Waals surface area contributed by atoms with Crippen molar-refractivity contribution in [2.75, 3.05) is 44.0 Å². The number of ether oxygens (including phenoxy) is 1. The number of aromatic nitrogens is 3. The van der Waals surface area contributed by atoms with Crippen LogP contribution >= 0.6 is 0 Å². The maximum Gasteiger partial charge on any atom is 0.414 e. The molecule has 1 N–H and O–H groups in total. The number of rotatable bonds is 4. The number of piperidine rings is 1. The van der Waals surface area contributed by atoms with E-state index in [4.69, 9.17) is 4.74 Å². The monoisotopic (exact) mass is 332 g/mol. The molecule has 1 aliphatic rings. The van der Waals surface area contributed by atoms with Crippen LogP contribution in [-0.2, 0) is 4.74 Å². The SMILES string of the molecule is CCOC(=O)Nc1nc2cccc(N(C)C3CCN(C)CC3)n2n1. The van der Waals surface area contributed by atoms with Gasteiger partial charge < -0.3 is 14.5 Å². The lowest BCUT2D eigenvalue weighted by molar-refractivity contribution is 0.167. The lowest BCUT2D eigenvalue weighted by atomic mass is 10.0. The minimum atomic E-state index is -0.543. The number of carbonyl (C=O) groups is 1. The number of fused-ring (bicyclic) bond motifs is 1. The zero-order valence-corrected chi connectivity index (χ0v) is 14.4. The smallest absolute Gasteiger partial charge is 0.414 e. The van der Waals surface area contributed by atoms with Crippen molar-refractivity contribution in [3.63, 3.8) is 0 Å². The molecule has 8 nitrogen and oxygen atoms in total. The minimum Gasteiger partial charge on any atom is -0.450 e. The minimum absolute atomic E-state index is 0.248. The number of carbonyl (C=O) groups excluding carboxylic acids is 1. The summed E-state index contributed by atoms with van der Waals surface area (Å²) >= 11 is 0. The predicted octanol–water partition coefficient (Wildman–Crippen LogP) is 1.83. The summed E-state index contributed by atoms with van der Waals surface area (Å²) < 4.78 is 6.63. The summed E-state index contributed by atoms with van der Waals surface area (Å²) in [6, 6.07) is 6.32. The molecule has 3 rings (SSSR count). The topological polar surface area (TPSA) is 75.0 Å². The zero-order chi connectivity index (χ0) is 17.1. The zero-order valence-electron chi connectivity index (χ0n) is 14.4. The third-order valence-electron chi connectivity index (χ3n) is 4.43. The van der Waals surface area contributed by atoms with E-state index in [-0.39, 0.29) is 5.95 Å². The summed E-state index contributed by atoms with van der Waals surface area (Å²) in [5, 5.41) is 6.96. The average Bonchev–Trinajstić information content (AvgIpc) is 2.97. The third-order valence-corrected chi connectivity index (χ3v) is 4.43. The van der Waals surface area contributed by atoms with Crippen LogP contribution < -0.4 is 10.2 Å². The van der Waals surface area contributed by atoms with Gasteiger partial charge in [0.1, 0.15) is 5.82 Å². The lowest BCUT2D eigenvalue weighted by Crippen LogP contribution is -2.42. The molecule has 2 aromatic rings. The van der Waals surface area contributed by atoms with Crippen LogP contribution in [0.25, 0.3) is 5.65 Å². The Morgan fingerprint density at radius 2 is 2.17 bits per heavy atom. The molecule has 0 bridgehead atoms. The Kier molecular flexibility index (Phi) is 4.84. The van der Waals surface area contributed by atoms with Crippen molar-refractivity contribution in [2.24, 2.45) is 0 Å². The van der Waals surface area contributed by atoms with Crippen molar-refractivity contribution >= 4 is 23.5 Å². The van der Waals surface area contributed by atoms with E-state index < -0.39 is 6.09 Å². The van der Waals surface area contributed by atoms with Crippen LogP contribution in [0.1, 0.15) is 19.8 Å². The van der Waals surface area contributed by atoms with E-state index in [1.807, 2.05) is 18.2 Å². The van der Waals surface area contributed by atoms with E-state index in [9.17, 15) is 4.79 Å². The molecule has 3 heterocycles. The van der Waals surface area contributed by atoms with Gasteiger partial charge in [-0.2, -0.15) is 9.50 Å². The fraction of sp³-hybridized carbons (Fsp3) is 0.562. The fourth-order valence-corrected chi connectivity index (χ4v) is 3.04. The normalized spacial score (nSPS) is 16.3. The van der Waals surface area contributed by atoms with Gasteiger partial charge in [0, 0.05) is 13.1 Å². The van der Waals surface area contributed by atoms with Gasteiger partial charge in [-0.3, -0.25) is 5.32 Å². The second kappa shape index (κ2) is 7.04. The van der Waals surface area contributed by atoms with Gasteiger partial charge in [-0.05, 0) is 52.0 Å². The molecular formula is C16H24N6O2. The maximum atomic E-state index is 11.5. The highest BCUT2D eigenvalue weighted by Crippen LogP contribution is 2.22. The molecule has 1 aliphatic heterocycles. The van der Waals surface area contributed by atoms with Gasteiger partial charge in [0.05, 0.1) is 6.61 Å². The van der Waals surface area contributed by atoms with Crippen molar-refractivity contribution in [1.82, 2.24) is 19.5 Å². The van der Waals surface area contributed by atoms with Crippen molar-refractivity contribution in [1.29, 1.82) is 0 Å². The molecule has 0 saturated carbocycles. The van der Waals surface area contributed by atoms with Crippen LogP contribution in [0.5, 0.6) is 0 Å². The first-order valence-electron chi connectivity index (χ1n) is 8.29. The summed E-state index contributed by atoms with van der Waals surface area (Å²) in [5.74, 6) is 1.21. The molecule has 0 aromatic carbocycles. The number of anilines is 2. The maximum absolute atomic E-state index is 11.5. The van der Waals surface area contributed by atoms with Gasteiger partial charge in [-0.25, -0.2) is 4.79 Å². The first-order chi connectivity index (χ1) is 11.6. The number of hydrogen-bond acceptors (Lipinski definition) is 6. The quantitative estimate of drug-likeness (QED) is 0.921. The van der Waals surface area contributed by atoms with Gasteiger partial charge in [-0.1, -0.05) is 6.07 Å². The Labute approximate surface area is 141 Å². The summed E-state index contributed by atoms with van der Waals surface area (Å²) in [5.41, 5.74) is 0.694. The Morgan fingerprint density at radius 1 is 1.42 bits per heavy atom. The number of nitrogens with zero attached hydrogens (tertiary/aromatic N) is 5. The predicted molar refractivity (Wildman–Crippen MR) is 92.6 cm³/mol. The van der Waals surface area contributed by atoms with Gasteiger partial charge in [0.25, 0.3) is 5.95 Å². The Balaban J connectivity index is 1.82. The Hall–Kier alpha value is -2.35. The van der Waals surface area contributed by atoms with Crippen LogP contribution in [0, 0.1) is 0 Å². The second-order valence-corrected chi connectivity index (χ2v) is 6.08. The molecule has 1 amide bonds. The molecule has 0 atom stereocenters. The fourth-order valence-electron chi connectivity index (χ4n) is 3.04. The molecule has 1 fully saturated rings. The van der Waals surface area contributed by atoms with Crippen molar-refractivity contribution < 1.29 is 9.53 Å². The molecule has 24 heavy (non-hydrogen) atoms. The summed E-state index contributed by atoms with van der Waals surface area (Å²) in [6.07, 6.45) is 1.69. The number of pyridine rings is 1. The van der Waals surface area contributed by atoms with Crippen molar-refractivity contribution in [2.45, 2.75) is 25.8 Å². The Bertz CT molecular complexity index is 708. The van der Waals surface area contributed by atoms with Crippen LogP contribution in [0.3, 0.4) is 0 Å². The van der Waals surface area contributed by atoms with Crippen molar-refractivity contribution in [3.8, 4) is 0 Å². The van der Waals surface area contributed by atoms with Gasteiger partial charge in [0.15, 0.2) is 5.65 Å². The van der Waals surface area contributed by atoms with Crippen molar-refractivity contribution in [3.05, 3.63) is 18.2 Å². The standard InChI is InChI=1S/C16H24N6O2/c1-4-24-16(23)18-15-17-13-6-5-7-14(22(13)19-15)21(3)12-8-10-20(2)11-9-12/h5-7,12H,4,8-11H2,1-3H3,(H,18,19,23). The van der Waals surface area contributed by atoms with Crippen LogP contribution in [0.4, 0.5) is 16.6 Å². The summed E-state index contributed by atoms with van der Waals surface area (Å²) in [6.45, 7) is 4.25. The van der Waals surface area contributed by atoms with Crippen LogP contribution in [0.15, 0.2) is 18.2 Å². The highest BCUT2D eigenvalue weighted by Gasteiger charge is 2.23. The highest BCUT2D eigenvalue weighted by molar-refractivity contribution is 5.82. The number of amides is 1. The number of likely N-dealkylation sites (tertiary alicyclic amines) is 1. The molecular weight excluding hydrogens is 308 g/mol. The van der Waals surface area contributed by atoms with Gasteiger partial charge >= 0.3 is 6.09 Å². The molecule has 0 spiro atoms. The number of nitrogens with one attached hydrogen (secondary N) is 1. The van der Waals surface area contributed by atoms with E-state index in [1.54, 1.807) is 11.4 Å². The van der Waals surface area contributed by atoms with E-state index >= 15 is 0 Å². The first kappa shape index (κ1) is 16.5. The van der Waals surface area contributed by atoms with Gasteiger partial charge in [-0.15, -0.1) is 5.10 Å². The number of hydrogen-bond donors (Lipinski definition) is 1. The molecule has 0 aliphatic carbocycles. The summed E-state index contributed by atoms with van der Waals surface area (Å²) in [7, 11) is 4.24. The van der Waals surface area contributed by atoms with Crippen LogP contribution in [0.2, 0.25) is 0 Å². The van der Waals surface area contributed by atoms with E-state index in [0.29, 0.717) is 18.3 Å². The molecule has 0 unspecified atom stereocenters. The first-order valence-corrected chi connectivity index (χ1v) is 8.29. The largest absolute Gasteiger partial charge is 0.450 e. The van der Waals surface area contributed by atoms with Gasteiger partial charge in [0.2, 0.25) is 0 Å². The third kappa shape index (κ3) is 3.43. The average molecular weight is 332 g/mol. The van der Waals surface area contributed by atoms with E-state index in [2.05, 4.69) is 39.3 Å². The van der Waals surface area contributed by atoms with Crippen LogP contribution in [-0.4, -0.2) is 65.4 Å². The Morgan fingerprint density at radius 3 is 2.88 bits per heavy atom. The highest BCUT2D eigenvalue weighted by atomic mass is 16.5.